The van der Waals surface area contributed by atoms with E-state index in [1.807, 2.05) is 78.1 Å². The number of carbonyl (C=O) groups is 1. The van der Waals surface area contributed by atoms with Crippen LogP contribution >= 0.6 is 23.5 Å². The minimum atomic E-state index is -1.07. The van der Waals surface area contributed by atoms with Crippen LogP contribution in [0.5, 0.6) is 5.75 Å². The van der Waals surface area contributed by atoms with E-state index in [0.29, 0.717) is 18.8 Å². The van der Waals surface area contributed by atoms with Gasteiger partial charge in [-0.25, -0.2) is 0 Å². The third-order valence-corrected chi connectivity index (χ3v) is 7.63. The molecule has 1 heterocycles. The molecule has 3 rings (SSSR count). The second-order valence-corrected chi connectivity index (χ2v) is 9.15. The Morgan fingerprint density at radius 2 is 1.67 bits per heavy atom. The van der Waals surface area contributed by atoms with Gasteiger partial charge in [0.1, 0.15) is 11.4 Å². The Balaban J connectivity index is 1.79. The van der Waals surface area contributed by atoms with Crippen LogP contribution in [-0.2, 0) is 10.4 Å². The topological polar surface area (TPSA) is 66.8 Å². The molecule has 0 amide bonds. The van der Waals surface area contributed by atoms with Crippen LogP contribution in [0.1, 0.15) is 30.4 Å². The molecule has 4 nitrogen and oxygen atoms in total. The highest BCUT2D eigenvalue weighted by Crippen LogP contribution is 2.47. The lowest BCUT2D eigenvalue weighted by atomic mass is 9.88. The van der Waals surface area contributed by atoms with Gasteiger partial charge in [-0.1, -0.05) is 42.5 Å². The third-order valence-electron chi connectivity index (χ3n) is 4.48. The van der Waals surface area contributed by atoms with Gasteiger partial charge in [0.05, 0.1) is 11.2 Å². The van der Waals surface area contributed by atoms with E-state index in [2.05, 4.69) is 0 Å². The molecule has 0 radical (unpaired) electrons. The van der Waals surface area contributed by atoms with Crippen molar-refractivity contribution < 1.29 is 19.7 Å². The molecule has 0 spiro atoms. The highest BCUT2D eigenvalue weighted by Gasteiger charge is 2.41. The Hall–Kier alpha value is -1.63. The van der Waals surface area contributed by atoms with Crippen LogP contribution in [0.2, 0.25) is 0 Å². The SMILES string of the molecule is O=C(O)CCCOc1ccc(C(O)(c2ccccc2)C2SCCCS2)cc1. The zero-order valence-electron chi connectivity index (χ0n) is 15.0. The molecule has 1 saturated heterocycles. The first kappa shape index (κ1) is 20.1. The maximum Gasteiger partial charge on any atom is 0.303 e. The molecule has 1 unspecified atom stereocenters. The van der Waals surface area contributed by atoms with E-state index in [-0.39, 0.29) is 11.0 Å². The summed E-state index contributed by atoms with van der Waals surface area (Å²) < 4.78 is 5.66. The van der Waals surface area contributed by atoms with Crippen molar-refractivity contribution in [3.8, 4) is 5.75 Å². The summed E-state index contributed by atoms with van der Waals surface area (Å²) in [4.78, 5) is 10.6. The molecule has 27 heavy (non-hydrogen) atoms. The lowest BCUT2D eigenvalue weighted by Crippen LogP contribution is -2.38. The Labute approximate surface area is 168 Å². The predicted octanol–water partition coefficient (Wildman–Crippen LogP) is 4.36. The number of carboxylic acids is 1. The van der Waals surface area contributed by atoms with Gasteiger partial charge in [0.15, 0.2) is 0 Å². The molecule has 2 N–H and O–H groups in total. The first-order valence-electron chi connectivity index (χ1n) is 9.07. The van der Waals surface area contributed by atoms with Crippen molar-refractivity contribution in [2.24, 2.45) is 0 Å². The van der Waals surface area contributed by atoms with Crippen molar-refractivity contribution in [2.75, 3.05) is 18.1 Å². The number of carboxylic acid groups (broad SMARTS) is 1. The fraction of sp³-hybridized carbons (Fsp3) is 0.381. The third kappa shape index (κ3) is 5.00. The maximum atomic E-state index is 11.8. The van der Waals surface area contributed by atoms with Crippen LogP contribution in [0, 0.1) is 0 Å². The van der Waals surface area contributed by atoms with Gasteiger partial charge in [-0.3, -0.25) is 4.79 Å². The fourth-order valence-electron chi connectivity index (χ4n) is 3.08. The molecule has 0 aliphatic carbocycles. The number of aliphatic hydroxyl groups is 1. The summed E-state index contributed by atoms with van der Waals surface area (Å²) in [6.07, 6.45) is 1.74. The summed E-state index contributed by atoms with van der Waals surface area (Å²) in [6.45, 7) is 0.364. The predicted molar refractivity (Wildman–Crippen MR) is 112 cm³/mol. The van der Waals surface area contributed by atoms with Gasteiger partial charge >= 0.3 is 5.97 Å². The van der Waals surface area contributed by atoms with Crippen molar-refractivity contribution in [1.82, 2.24) is 0 Å². The van der Waals surface area contributed by atoms with Gasteiger partial charge in [0.25, 0.3) is 0 Å². The lowest BCUT2D eigenvalue weighted by molar-refractivity contribution is -0.137. The van der Waals surface area contributed by atoms with E-state index >= 15 is 0 Å². The van der Waals surface area contributed by atoms with Crippen LogP contribution in [0.4, 0.5) is 0 Å². The van der Waals surface area contributed by atoms with Crippen LogP contribution < -0.4 is 4.74 Å². The molecule has 2 aromatic rings. The van der Waals surface area contributed by atoms with Crippen molar-refractivity contribution in [1.29, 1.82) is 0 Å². The molecule has 1 atom stereocenters. The number of rotatable bonds is 8. The van der Waals surface area contributed by atoms with Crippen molar-refractivity contribution >= 4 is 29.5 Å². The Morgan fingerprint density at radius 3 is 2.30 bits per heavy atom. The molecule has 1 fully saturated rings. The van der Waals surface area contributed by atoms with Gasteiger partial charge in [-0.15, -0.1) is 23.5 Å². The average molecular weight is 405 g/mol. The summed E-state index contributed by atoms with van der Waals surface area (Å²) in [5.41, 5.74) is 0.671. The quantitative estimate of drug-likeness (QED) is 0.637. The molecule has 1 aliphatic heterocycles. The van der Waals surface area contributed by atoms with Gasteiger partial charge in [0, 0.05) is 6.42 Å². The second kappa shape index (κ2) is 9.53. The highest BCUT2D eigenvalue weighted by atomic mass is 32.2. The molecule has 144 valence electrons. The Kier molecular flexibility index (Phi) is 7.10. The summed E-state index contributed by atoms with van der Waals surface area (Å²) in [5.74, 6) is 1.97. The minimum Gasteiger partial charge on any atom is -0.494 e. The van der Waals surface area contributed by atoms with Gasteiger partial charge in [0.2, 0.25) is 0 Å². The lowest BCUT2D eigenvalue weighted by Gasteiger charge is -2.38. The van der Waals surface area contributed by atoms with Gasteiger partial charge < -0.3 is 14.9 Å². The first-order chi connectivity index (χ1) is 13.1. The minimum absolute atomic E-state index is 0.0379. The zero-order valence-corrected chi connectivity index (χ0v) is 16.7. The molecule has 0 bridgehead atoms. The molecular formula is C21H24O4S2. The Bertz CT molecular complexity index is 730. The largest absolute Gasteiger partial charge is 0.494 e. The van der Waals surface area contributed by atoms with E-state index < -0.39 is 11.6 Å². The zero-order chi connectivity index (χ0) is 19.1. The number of benzene rings is 2. The number of hydrogen-bond donors (Lipinski definition) is 2. The van der Waals surface area contributed by atoms with Crippen LogP contribution in [0.15, 0.2) is 54.6 Å². The highest BCUT2D eigenvalue weighted by molar-refractivity contribution is 8.17. The monoisotopic (exact) mass is 404 g/mol. The first-order valence-corrected chi connectivity index (χ1v) is 11.2. The summed E-state index contributed by atoms with van der Waals surface area (Å²) >= 11 is 3.62. The van der Waals surface area contributed by atoms with Crippen LogP contribution in [0.25, 0.3) is 0 Å². The van der Waals surface area contributed by atoms with Crippen LogP contribution in [0.3, 0.4) is 0 Å². The maximum absolute atomic E-state index is 11.8. The Morgan fingerprint density at radius 1 is 1.04 bits per heavy atom. The summed E-state index contributed by atoms with van der Waals surface area (Å²) in [7, 11) is 0. The smallest absolute Gasteiger partial charge is 0.303 e. The standard InChI is InChI=1S/C21H24O4S2/c22-19(23)8-4-13-25-18-11-9-17(10-12-18)21(24,16-6-2-1-3-7-16)20-26-14-5-15-27-20/h1-3,6-7,9-12,20,24H,4-5,8,13-15H2,(H,22,23). The average Bonchev–Trinajstić information content (AvgIpc) is 2.72. The van der Waals surface area contributed by atoms with Crippen LogP contribution in [-0.4, -0.2) is 38.9 Å². The van der Waals surface area contributed by atoms with Gasteiger partial charge in [-0.05, 0) is 47.6 Å². The molecule has 1 aliphatic rings. The van der Waals surface area contributed by atoms with Crippen molar-refractivity contribution in [2.45, 2.75) is 29.4 Å². The molecule has 2 aromatic carbocycles. The van der Waals surface area contributed by atoms with Crippen molar-refractivity contribution in [3.63, 3.8) is 0 Å². The normalized spacial score (nSPS) is 17.2. The number of ether oxygens (including phenoxy) is 1. The van der Waals surface area contributed by atoms with Crippen molar-refractivity contribution in [3.05, 3.63) is 65.7 Å². The fourth-order valence-corrected chi connectivity index (χ4v) is 6.30. The van der Waals surface area contributed by atoms with E-state index in [1.54, 1.807) is 0 Å². The van der Waals surface area contributed by atoms with E-state index in [4.69, 9.17) is 9.84 Å². The molecular weight excluding hydrogens is 380 g/mol. The van der Waals surface area contributed by atoms with E-state index in [0.717, 1.165) is 22.6 Å². The number of aliphatic carboxylic acids is 1. The second-order valence-electron chi connectivity index (χ2n) is 6.43. The van der Waals surface area contributed by atoms with Gasteiger partial charge in [-0.2, -0.15) is 0 Å². The molecule has 6 heteroatoms. The van der Waals surface area contributed by atoms with E-state index in [1.165, 1.54) is 6.42 Å². The summed E-state index contributed by atoms with van der Waals surface area (Å²) in [5, 5.41) is 20.5. The number of hydrogen-bond acceptors (Lipinski definition) is 5. The van der Waals surface area contributed by atoms with E-state index in [9.17, 15) is 9.90 Å². The summed E-state index contributed by atoms with van der Waals surface area (Å²) in [6, 6.07) is 17.4. The molecule has 0 saturated carbocycles. The number of thioether (sulfide) groups is 2. The molecule has 0 aromatic heterocycles.